The standard InChI is InChI=1S/C13H20N2O2/c1-15(8-10-4-11(16)5-10)7-9-2-3-13(17)12(14)6-9/h2-3,6,10-11,16-17H,4-5,7-8,14H2,1H3. The van der Waals surface area contributed by atoms with Crippen LogP contribution >= 0.6 is 0 Å². The number of nitrogens with zero attached hydrogens (tertiary/aromatic N) is 1. The Morgan fingerprint density at radius 3 is 2.71 bits per heavy atom. The highest BCUT2D eigenvalue weighted by Gasteiger charge is 2.27. The fraction of sp³-hybridized carbons (Fsp3) is 0.538. The monoisotopic (exact) mass is 236 g/mol. The molecule has 0 bridgehead atoms. The molecule has 0 aromatic heterocycles. The van der Waals surface area contributed by atoms with Crippen molar-refractivity contribution in [1.82, 2.24) is 4.90 Å². The summed E-state index contributed by atoms with van der Waals surface area (Å²) in [5, 5.41) is 18.6. The summed E-state index contributed by atoms with van der Waals surface area (Å²) in [4.78, 5) is 2.22. The molecule has 1 aromatic carbocycles. The van der Waals surface area contributed by atoms with Crippen LogP contribution in [0.15, 0.2) is 18.2 Å². The van der Waals surface area contributed by atoms with Gasteiger partial charge in [0.15, 0.2) is 0 Å². The number of aliphatic hydroxyl groups is 1. The van der Waals surface area contributed by atoms with E-state index >= 15 is 0 Å². The highest BCUT2D eigenvalue weighted by Crippen LogP contribution is 2.28. The molecule has 0 heterocycles. The number of hydrogen-bond acceptors (Lipinski definition) is 4. The van der Waals surface area contributed by atoms with Gasteiger partial charge in [0.05, 0.1) is 11.8 Å². The summed E-state index contributed by atoms with van der Waals surface area (Å²) in [6.45, 7) is 1.81. The van der Waals surface area contributed by atoms with Gasteiger partial charge in [-0.15, -0.1) is 0 Å². The Hall–Kier alpha value is -1.26. The molecule has 0 aliphatic heterocycles. The molecule has 1 aromatic rings. The smallest absolute Gasteiger partial charge is 0.138 e. The number of aromatic hydroxyl groups is 1. The minimum Gasteiger partial charge on any atom is -0.506 e. The van der Waals surface area contributed by atoms with Gasteiger partial charge in [-0.3, -0.25) is 0 Å². The molecule has 0 radical (unpaired) electrons. The van der Waals surface area contributed by atoms with Crippen LogP contribution in [0.5, 0.6) is 5.75 Å². The molecule has 0 unspecified atom stereocenters. The van der Waals surface area contributed by atoms with Gasteiger partial charge < -0.3 is 20.8 Å². The minimum atomic E-state index is -0.0854. The number of phenols is 1. The molecule has 0 saturated heterocycles. The van der Waals surface area contributed by atoms with Crippen molar-refractivity contribution in [1.29, 1.82) is 0 Å². The molecule has 4 N–H and O–H groups in total. The minimum absolute atomic E-state index is 0.0854. The predicted octanol–water partition coefficient (Wildman–Crippen LogP) is 1.18. The van der Waals surface area contributed by atoms with Crippen LogP contribution in [0.1, 0.15) is 18.4 Å². The van der Waals surface area contributed by atoms with Crippen molar-refractivity contribution >= 4 is 5.69 Å². The van der Waals surface area contributed by atoms with Crippen molar-refractivity contribution in [2.45, 2.75) is 25.5 Å². The molecule has 0 amide bonds. The lowest BCUT2D eigenvalue weighted by Gasteiger charge is -2.34. The molecule has 1 aliphatic carbocycles. The number of nitrogen functional groups attached to an aromatic ring is 1. The number of benzene rings is 1. The van der Waals surface area contributed by atoms with Crippen LogP contribution in [-0.2, 0) is 6.54 Å². The Kier molecular flexibility index (Phi) is 3.54. The summed E-state index contributed by atoms with van der Waals surface area (Å²) in [5.41, 5.74) is 7.18. The van der Waals surface area contributed by atoms with E-state index in [2.05, 4.69) is 11.9 Å². The van der Waals surface area contributed by atoms with Gasteiger partial charge in [-0.05, 0) is 43.5 Å². The van der Waals surface area contributed by atoms with Crippen LogP contribution in [0.2, 0.25) is 0 Å². The zero-order valence-electron chi connectivity index (χ0n) is 10.1. The van der Waals surface area contributed by atoms with Crippen LogP contribution in [0.3, 0.4) is 0 Å². The number of anilines is 1. The van der Waals surface area contributed by atoms with E-state index < -0.39 is 0 Å². The van der Waals surface area contributed by atoms with Crippen molar-refractivity contribution in [3.05, 3.63) is 23.8 Å². The topological polar surface area (TPSA) is 69.7 Å². The molecule has 94 valence electrons. The summed E-state index contributed by atoms with van der Waals surface area (Å²) >= 11 is 0. The summed E-state index contributed by atoms with van der Waals surface area (Å²) in [6, 6.07) is 5.32. The molecule has 4 heteroatoms. The van der Waals surface area contributed by atoms with Crippen LogP contribution < -0.4 is 5.73 Å². The highest BCUT2D eigenvalue weighted by molar-refractivity contribution is 5.53. The molecular formula is C13H20N2O2. The van der Waals surface area contributed by atoms with Gasteiger partial charge in [-0.25, -0.2) is 0 Å². The van der Waals surface area contributed by atoms with E-state index in [1.165, 1.54) is 0 Å². The highest BCUT2D eigenvalue weighted by atomic mass is 16.3. The fourth-order valence-corrected chi connectivity index (χ4v) is 2.37. The van der Waals surface area contributed by atoms with Crippen molar-refractivity contribution in [3.8, 4) is 5.75 Å². The molecule has 1 fully saturated rings. The molecule has 0 spiro atoms. The second-order valence-corrected chi connectivity index (χ2v) is 5.08. The van der Waals surface area contributed by atoms with Gasteiger partial charge in [0.1, 0.15) is 5.75 Å². The second kappa shape index (κ2) is 4.94. The Bertz CT molecular complexity index is 389. The predicted molar refractivity (Wildman–Crippen MR) is 67.6 cm³/mol. The SMILES string of the molecule is CN(Cc1ccc(O)c(N)c1)CC1CC(O)C1. The number of aliphatic hydroxyl groups excluding tert-OH is 1. The lowest BCUT2D eigenvalue weighted by molar-refractivity contribution is 0.0274. The van der Waals surface area contributed by atoms with E-state index in [1.54, 1.807) is 12.1 Å². The normalized spacial score (nSPS) is 23.7. The number of phenolic OH excluding ortho intramolecular Hbond substituents is 1. The third-order valence-corrected chi connectivity index (χ3v) is 3.33. The van der Waals surface area contributed by atoms with E-state index in [9.17, 15) is 10.2 Å². The summed E-state index contributed by atoms with van der Waals surface area (Å²) < 4.78 is 0. The van der Waals surface area contributed by atoms with Gasteiger partial charge in [0.2, 0.25) is 0 Å². The lowest BCUT2D eigenvalue weighted by Crippen LogP contribution is -2.36. The van der Waals surface area contributed by atoms with E-state index in [-0.39, 0.29) is 11.9 Å². The number of hydrogen-bond donors (Lipinski definition) is 3. The maximum absolute atomic E-state index is 9.33. The van der Waals surface area contributed by atoms with Crippen LogP contribution in [0.4, 0.5) is 5.69 Å². The van der Waals surface area contributed by atoms with E-state index in [0.29, 0.717) is 11.6 Å². The van der Waals surface area contributed by atoms with Crippen molar-refractivity contribution in [2.75, 3.05) is 19.3 Å². The maximum atomic E-state index is 9.33. The third-order valence-electron chi connectivity index (χ3n) is 3.33. The van der Waals surface area contributed by atoms with Crippen LogP contribution in [0.25, 0.3) is 0 Å². The maximum Gasteiger partial charge on any atom is 0.138 e. The second-order valence-electron chi connectivity index (χ2n) is 5.08. The molecule has 2 rings (SSSR count). The average molecular weight is 236 g/mol. The first kappa shape index (κ1) is 12.2. The van der Waals surface area contributed by atoms with Gasteiger partial charge in [0.25, 0.3) is 0 Å². The Morgan fingerprint density at radius 2 is 2.12 bits per heavy atom. The molecule has 1 aliphatic rings. The lowest BCUT2D eigenvalue weighted by atomic mass is 9.82. The van der Waals surface area contributed by atoms with Gasteiger partial charge >= 0.3 is 0 Å². The Balaban J connectivity index is 1.85. The third kappa shape index (κ3) is 3.11. The summed E-state index contributed by atoms with van der Waals surface area (Å²) in [5.74, 6) is 0.753. The van der Waals surface area contributed by atoms with Crippen molar-refractivity contribution in [2.24, 2.45) is 5.92 Å². The summed E-state index contributed by atoms with van der Waals surface area (Å²) in [6.07, 6.45) is 1.75. The Labute approximate surface area is 102 Å². The fourth-order valence-electron chi connectivity index (χ4n) is 2.37. The van der Waals surface area contributed by atoms with Crippen LogP contribution in [-0.4, -0.2) is 34.8 Å². The van der Waals surface area contributed by atoms with Gasteiger partial charge in [0, 0.05) is 13.1 Å². The van der Waals surface area contributed by atoms with Crippen LogP contribution in [0, 0.1) is 5.92 Å². The largest absolute Gasteiger partial charge is 0.506 e. The molecule has 1 saturated carbocycles. The zero-order valence-corrected chi connectivity index (χ0v) is 10.1. The van der Waals surface area contributed by atoms with Crippen molar-refractivity contribution < 1.29 is 10.2 Å². The molecule has 4 nitrogen and oxygen atoms in total. The quantitative estimate of drug-likeness (QED) is 0.542. The van der Waals surface area contributed by atoms with Crippen molar-refractivity contribution in [3.63, 3.8) is 0 Å². The first-order valence-corrected chi connectivity index (χ1v) is 5.98. The Morgan fingerprint density at radius 1 is 1.41 bits per heavy atom. The summed E-state index contributed by atoms with van der Waals surface area (Å²) in [7, 11) is 2.06. The molecule has 0 atom stereocenters. The molecule has 17 heavy (non-hydrogen) atoms. The number of rotatable bonds is 4. The molecular weight excluding hydrogens is 216 g/mol. The van der Waals surface area contributed by atoms with Gasteiger partial charge in [-0.2, -0.15) is 0 Å². The van der Waals surface area contributed by atoms with E-state index in [4.69, 9.17) is 5.73 Å². The zero-order chi connectivity index (χ0) is 12.4. The first-order chi connectivity index (χ1) is 8.04. The van der Waals surface area contributed by atoms with E-state index in [0.717, 1.165) is 31.5 Å². The van der Waals surface area contributed by atoms with Gasteiger partial charge in [-0.1, -0.05) is 6.07 Å². The van der Waals surface area contributed by atoms with E-state index in [1.807, 2.05) is 6.07 Å². The average Bonchev–Trinajstić information content (AvgIpc) is 2.21. The number of nitrogens with two attached hydrogens (primary N) is 1. The first-order valence-electron chi connectivity index (χ1n) is 5.98.